The first kappa shape index (κ1) is 13.7. The predicted molar refractivity (Wildman–Crippen MR) is 75.4 cm³/mol. The molecule has 1 saturated heterocycles. The molecule has 1 aliphatic heterocycles. The molecule has 1 fully saturated rings. The number of nitrogens with zero attached hydrogens (tertiary/aromatic N) is 2. The number of nitrogen functional groups attached to an aromatic ring is 1. The average Bonchev–Trinajstić information content (AvgIpc) is 2.67. The Kier molecular flexibility index (Phi) is 3.65. The van der Waals surface area contributed by atoms with Gasteiger partial charge in [0.15, 0.2) is 5.82 Å². The van der Waals surface area contributed by atoms with Gasteiger partial charge in [-0.3, -0.25) is 0 Å². The van der Waals surface area contributed by atoms with E-state index in [-0.39, 0.29) is 17.6 Å². The van der Waals surface area contributed by atoms with Crippen LogP contribution in [0.15, 0.2) is 4.47 Å². The van der Waals surface area contributed by atoms with Crippen LogP contribution in [-0.4, -0.2) is 16.1 Å². The van der Waals surface area contributed by atoms with E-state index in [1.54, 1.807) is 0 Å². The summed E-state index contributed by atoms with van der Waals surface area (Å²) in [5, 5.41) is 0. The van der Waals surface area contributed by atoms with Gasteiger partial charge in [-0.05, 0) is 35.7 Å². The van der Waals surface area contributed by atoms with Crippen LogP contribution >= 0.6 is 15.9 Å². The second-order valence-electron chi connectivity index (χ2n) is 5.89. The van der Waals surface area contributed by atoms with E-state index in [9.17, 15) is 0 Å². The first-order valence-electron chi connectivity index (χ1n) is 6.28. The maximum absolute atomic E-state index is 5.97. The Morgan fingerprint density at radius 1 is 1.28 bits per heavy atom. The number of nitrogens with two attached hydrogens (primary N) is 1. The lowest BCUT2D eigenvalue weighted by Gasteiger charge is -2.22. The quantitative estimate of drug-likeness (QED) is 0.863. The van der Waals surface area contributed by atoms with Crippen molar-refractivity contribution in [3.8, 4) is 0 Å². The van der Waals surface area contributed by atoms with Crippen LogP contribution in [-0.2, 0) is 10.2 Å². The number of halogens is 1. The van der Waals surface area contributed by atoms with Gasteiger partial charge in [0.1, 0.15) is 11.9 Å². The Labute approximate surface area is 116 Å². The fourth-order valence-corrected chi connectivity index (χ4v) is 2.89. The molecule has 4 nitrogen and oxygen atoms in total. The molecule has 2 N–H and O–H groups in total. The summed E-state index contributed by atoms with van der Waals surface area (Å²) in [6.45, 7) is 8.41. The lowest BCUT2D eigenvalue weighted by atomic mass is 9.91. The molecular weight excluding hydrogens is 294 g/mol. The molecule has 5 heteroatoms. The van der Waals surface area contributed by atoms with Gasteiger partial charge in [-0.25, -0.2) is 9.97 Å². The van der Waals surface area contributed by atoms with E-state index >= 15 is 0 Å². The molecule has 2 atom stereocenters. The minimum Gasteiger partial charge on any atom is -0.383 e. The average molecular weight is 314 g/mol. The van der Waals surface area contributed by atoms with Gasteiger partial charge in [0, 0.05) is 5.41 Å². The summed E-state index contributed by atoms with van der Waals surface area (Å²) in [6, 6.07) is 0. The highest BCUT2D eigenvalue weighted by Crippen LogP contribution is 2.35. The summed E-state index contributed by atoms with van der Waals surface area (Å²) in [5.74, 6) is 1.21. The number of anilines is 1. The highest BCUT2D eigenvalue weighted by molar-refractivity contribution is 9.10. The molecule has 1 aromatic rings. The molecule has 1 aliphatic rings. The van der Waals surface area contributed by atoms with Gasteiger partial charge in [0.05, 0.1) is 16.3 Å². The number of hydrogen-bond donors (Lipinski definition) is 1. The third kappa shape index (κ3) is 2.67. The van der Waals surface area contributed by atoms with Gasteiger partial charge in [0.25, 0.3) is 0 Å². The van der Waals surface area contributed by atoms with Crippen LogP contribution in [0.1, 0.15) is 58.2 Å². The van der Waals surface area contributed by atoms with Crippen LogP contribution in [0.2, 0.25) is 0 Å². The molecular formula is C13H20BrN3O. The van der Waals surface area contributed by atoms with Crippen LogP contribution in [0.25, 0.3) is 0 Å². The smallest absolute Gasteiger partial charge is 0.159 e. The van der Waals surface area contributed by atoms with Gasteiger partial charge in [-0.1, -0.05) is 20.8 Å². The molecule has 0 aromatic carbocycles. The van der Waals surface area contributed by atoms with Crippen molar-refractivity contribution in [3.63, 3.8) is 0 Å². The first-order chi connectivity index (χ1) is 8.29. The van der Waals surface area contributed by atoms with Crippen molar-refractivity contribution < 1.29 is 4.74 Å². The molecule has 18 heavy (non-hydrogen) atoms. The van der Waals surface area contributed by atoms with E-state index in [2.05, 4.69) is 53.6 Å². The SMILES string of the molecule is CC1CCC(c2nc(N)c(Br)c(C(C)(C)C)n2)O1. The minimum atomic E-state index is -0.0745. The third-order valence-corrected chi connectivity index (χ3v) is 3.91. The van der Waals surface area contributed by atoms with Crippen LogP contribution < -0.4 is 5.73 Å². The summed E-state index contributed by atoms with van der Waals surface area (Å²) < 4.78 is 6.61. The molecule has 0 aliphatic carbocycles. The zero-order valence-corrected chi connectivity index (χ0v) is 12.9. The first-order valence-corrected chi connectivity index (χ1v) is 7.07. The Balaban J connectivity index is 2.41. The van der Waals surface area contributed by atoms with Crippen molar-refractivity contribution in [2.24, 2.45) is 0 Å². The monoisotopic (exact) mass is 313 g/mol. The molecule has 2 rings (SSSR count). The Morgan fingerprint density at radius 3 is 2.44 bits per heavy atom. The molecule has 0 spiro atoms. The predicted octanol–water partition coefficient (Wildman–Crippen LogP) is 3.36. The summed E-state index contributed by atoms with van der Waals surface area (Å²) in [5.41, 5.74) is 6.83. The van der Waals surface area contributed by atoms with E-state index in [0.29, 0.717) is 11.6 Å². The molecule has 2 heterocycles. The number of aromatic nitrogens is 2. The third-order valence-electron chi connectivity index (χ3n) is 3.12. The summed E-state index contributed by atoms with van der Waals surface area (Å²) in [7, 11) is 0. The number of ether oxygens (including phenoxy) is 1. The molecule has 0 bridgehead atoms. The van der Waals surface area contributed by atoms with Crippen molar-refractivity contribution >= 4 is 21.7 Å². The fraction of sp³-hybridized carbons (Fsp3) is 0.692. The lowest BCUT2D eigenvalue weighted by Crippen LogP contribution is -2.19. The Morgan fingerprint density at radius 2 is 1.94 bits per heavy atom. The van der Waals surface area contributed by atoms with Gasteiger partial charge in [-0.2, -0.15) is 0 Å². The van der Waals surface area contributed by atoms with Gasteiger partial charge in [-0.15, -0.1) is 0 Å². The van der Waals surface area contributed by atoms with Crippen molar-refractivity contribution in [3.05, 3.63) is 16.0 Å². The van der Waals surface area contributed by atoms with Crippen molar-refractivity contribution in [1.29, 1.82) is 0 Å². The highest BCUT2D eigenvalue weighted by Gasteiger charge is 2.29. The van der Waals surface area contributed by atoms with Crippen molar-refractivity contribution in [2.45, 2.75) is 58.2 Å². The molecule has 2 unspecified atom stereocenters. The van der Waals surface area contributed by atoms with Crippen molar-refractivity contribution in [1.82, 2.24) is 9.97 Å². The Hall–Kier alpha value is -0.680. The Bertz CT molecular complexity index is 456. The standard InChI is InChI=1S/C13H20BrN3O/c1-7-5-6-8(18-7)12-16-10(13(2,3)4)9(14)11(15)17-12/h7-8H,5-6H2,1-4H3,(H2,15,16,17). The summed E-state index contributed by atoms with van der Waals surface area (Å²) in [4.78, 5) is 9.02. The molecule has 100 valence electrons. The van der Waals surface area contributed by atoms with E-state index in [1.807, 2.05) is 0 Å². The highest BCUT2D eigenvalue weighted by atomic mass is 79.9. The zero-order chi connectivity index (χ0) is 13.5. The largest absolute Gasteiger partial charge is 0.383 e. The molecule has 1 aromatic heterocycles. The van der Waals surface area contributed by atoms with E-state index in [1.165, 1.54) is 0 Å². The minimum absolute atomic E-state index is 0.0171. The van der Waals surface area contributed by atoms with Crippen LogP contribution in [0, 0.1) is 0 Å². The van der Waals surface area contributed by atoms with Gasteiger partial charge in [0.2, 0.25) is 0 Å². The van der Waals surface area contributed by atoms with Crippen molar-refractivity contribution in [2.75, 3.05) is 5.73 Å². The van der Waals surface area contributed by atoms with E-state index in [0.717, 1.165) is 23.0 Å². The normalized spacial score (nSPS) is 24.5. The van der Waals surface area contributed by atoms with Crippen LogP contribution in [0.5, 0.6) is 0 Å². The lowest BCUT2D eigenvalue weighted by molar-refractivity contribution is 0.0501. The van der Waals surface area contributed by atoms with Gasteiger partial charge >= 0.3 is 0 Å². The second kappa shape index (κ2) is 4.78. The zero-order valence-electron chi connectivity index (χ0n) is 11.3. The number of hydrogen-bond acceptors (Lipinski definition) is 4. The van der Waals surface area contributed by atoms with E-state index in [4.69, 9.17) is 10.5 Å². The summed E-state index contributed by atoms with van der Waals surface area (Å²) in [6.07, 6.45) is 2.28. The van der Waals surface area contributed by atoms with Gasteiger partial charge < -0.3 is 10.5 Å². The number of rotatable bonds is 1. The maximum Gasteiger partial charge on any atom is 0.159 e. The topological polar surface area (TPSA) is 61.0 Å². The van der Waals surface area contributed by atoms with Crippen LogP contribution in [0.3, 0.4) is 0 Å². The molecule has 0 saturated carbocycles. The molecule has 0 amide bonds. The van der Waals surface area contributed by atoms with Crippen LogP contribution in [0.4, 0.5) is 5.82 Å². The second-order valence-corrected chi connectivity index (χ2v) is 6.69. The van der Waals surface area contributed by atoms with E-state index < -0.39 is 0 Å². The fourth-order valence-electron chi connectivity index (χ4n) is 2.12. The molecule has 0 radical (unpaired) electrons. The maximum atomic E-state index is 5.97. The summed E-state index contributed by atoms with van der Waals surface area (Å²) >= 11 is 3.48.